The van der Waals surface area contributed by atoms with Crippen LogP contribution in [0.3, 0.4) is 0 Å². The van der Waals surface area contributed by atoms with Crippen molar-refractivity contribution >= 4 is 40.5 Å². The standard InChI is InChI=1S/C17H15Cl2NS/c18-13-5-6-15(19)17(11-13)21-16-4-2-1-3-14(16)12-7-9-20-10-8-12/h1-7,11,20H,8-10H2. The van der Waals surface area contributed by atoms with Gasteiger partial charge < -0.3 is 5.32 Å². The van der Waals surface area contributed by atoms with Crippen LogP contribution in [0.5, 0.6) is 0 Å². The summed E-state index contributed by atoms with van der Waals surface area (Å²) in [7, 11) is 0. The molecule has 108 valence electrons. The molecule has 1 aliphatic heterocycles. The highest BCUT2D eigenvalue weighted by molar-refractivity contribution is 7.99. The predicted octanol–water partition coefficient (Wildman–Crippen LogP) is 5.52. The minimum atomic E-state index is 0.709. The highest BCUT2D eigenvalue weighted by Gasteiger charge is 2.12. The molecular formula is C17H15Cl2NS. The molecular weight excluding hydrogens is 321 g/mol. The Kier molecular flexibility index (Phi) is 4.91. The molecule has 21 heavy (non-hydrogen) atoms. The number of halogens is 2. The minimum absolute atomic E-state index is 0.709. The van der Waals surface area contributed by atoms with Gasteiger partial charge in [-0.15, -0.1) is 0 Å². The van der Waals surface area contributed by atoms with Gasteiger partial charge in [0.05, 0.1) is 5.02 Å². The maximum absolute atomic E-state index is 6.28. The van der Waals surface area contributed by atoms with Crippen LogP contribution in [-0.4, -0.2) is 13.1 Å². The highest BCUT2D eigenvalue weighted by Crippen LogP contribution is 2.39. The predicted molar refractivity (Wildman–Crippen MR) is 92.5 cm³/mol. The Hall–Kier alpha value is -0.930. The summed E-state index contributed by atoms with van der Waals surface area (Å²) in [5.74, 6) is 0. The van der Waals surface area contributed by atoms with Gasteiger partial charge in [-0.05, 0) is 48.4 Å². The average Bonchev–Trinajstić information content (AvgIpc) is 2.52. The van der Waals surface area contributed by atoms with Crippen LogP contribution >= 0.6 is 35.0 Å². The molecule has 0 aromatic heterocycles. The molecule has 0 atom stereocenters. The molecule has 1 nitrogen and oxygen atoms in total. The van der Waals surface area contributed by atoms with Gasteiger partial charge >= 0.3 is 0 Å². The van der Waals surface area contributed by atoms with Crippen LogP contribution in [0.25, 0.3) is 5.57 Å². The maximum atomic E-state index is 6.28. The molecule has 0 bridgehead atoms. The Morgan fingerprint density at radius 2 is 1.86 bits per heavy atom. The maximum Gasteiger partial charge on any atom is 0.0546 e. The van der Waals surface area contributed by atoms with Crippen LogP contribution in [0.2, 0.25) is 10.0 Å². The fraction of sp³-hybridized carbons (Fsp3) is 0.176. The van der Waals surface area contributed by atoms with Crippen LogP contribution in [0.1, 0.15) is 12.0 Å². The molecule has 2 aromatic rings. The van der Waals surface area contributed by atoms with E-state index in [-0.39, 0.29) is 0 Å². The molecule has 0 radical (unpaired) electrons. The first-order valence-electron chi connectivity index (χ1n) is 6.86. The summed E-state index contributed by atoms with van der Waals surface area (Å²) in [6.45, 7) is 1.97. The van der Waals surface area contributed by atoms with Crippen molar-refractivity contribution in [3.8, 4) is 0 Å². The largest absolute Gasteiger partial charge is 0.313 e. The third-order valence-electron chi connectivity index (χ3n) is 3.41. The molecule has 4 heteroatoms. The van der Waals surface area contributed by atoms with Crippen molar-refractivity contribution < 1.29 is 0 Å². The van der Waals surface area contributed by atoms with E-state index in [1.54, 1.807) is 11.8 Å². The minimum Gasteiger partial charge on any atom is -0.313 e. The van der Waals surface area contributed by atoms with Gasteiger partial charge in [0.25, 0.3) is 0 Å². The molecule has 0 amide bonds. The molecule has 1 heterocycles. The summed E-state index contributed by atoms with van der Waals surface area (Å²) in [4.78, 5) is 2.21. The Labute approximate surface area is 139 Å². The van der Waals surface area contributed by atoms with Crippen LogP contribution in [0.4, 0.5) is 0 Å². The van der Waals surface area contributed by atoms with Gasteiger partial charge in [-0.2, -0.15) is 0 Å². The fourth-order valence-electron chi connectivity index (χ4n) is 2.36. The van der Waals surface area contributed by atoms with Gasteiger partial charge in [-0.25, -0.2) is 0 Å². The third-order valence-corrected chi connectivity index (χ3v) is 5.22. The van der Waals surface area contributed by atoms with Gasteiger partial charge in [-0.3, -0.25) is 0 Å². The van der Waals surface area contributed by atoms with Crippen LogP contribution in [0, 0.1) is 0 Å². The molecule has 0 aliphatic carbocycles. The van der Waals surface area contributed by atoms with Crippen LogP contribution in [-0.2, 0) is 0 Å². The lowest BCUT2D eigenvalue weighted by molar-refractivity contribution is 0.737. The van der Waals surface area contributed by atoms with Crippen molar-refractivity contribution in [2.24, 2.45) is 0 Å². The van der Waals surface area contributed by atoms with Crippen LogP contribution in [0.15, 0.2) is 58.3 Å². The lowest BCUT2D eigenvalue weighted by Gasteiger charge is -2.17. The molecule has 1 aliphatic rings. The fourth-order valence-corrected chi connectivity index (χ4v) is 3.88. The molecule has 0 fully saturated rings. The quantitative estimate of drug-likeness (QED) is 0.792. The Morgan fingerprint density at radius 3 is 2.67 bits per heavy atom. The molecule has 1 N–H and O–H groups in total. The van der Waals surface area contributed by atoms with Crippen molar-refractivity contribution in [3.63, 3.8) is 0 Å². The van der Waals surface area contributed by atoms with Gasteiger partial charge in [0.1, 0.15) is 0 Å². The van der Waals surface area contributed by atoms with Gasteiger partial charge in [0.2, 0.25) is 0 Å². The topological polar surface area (TPSA) is 12.0 Å². The first-order chi connectivity index (χ1) is 10.2. The smallest absolute Gasteiger partial charge is 0.0546 e. The van der Waals surface area contributed by atoms with E-state index in [1.807, 2.05) is 18.2 Å². The second-order valence-electron chi connectivity index (χ2n) is 4.86. The number of nitrogens with one attached hydrogen (secondary N) is 1. The normalized spacial score (nSPS) is 14.9. The first-order valence-corrected chi connectivity index (χ1v) is 8.43. The van der Waals surface area contributed by atoms with E-state index in [2.05, 4.69) is 35.7 Å². The van der Waals surface area contributed by atoms with Gasteiger partial charge in [0, 0.05) is 21.4 Å². The zero-order valence-corrected chi connectivity index (χ0v) is 13.7. The van der Waals surface area contributed by atoms with Gasteiger partial charge in [0.15, 0.2) is 0 Å². The summed E-state index contributed by atoms with van der Waals surface area (Å²) >= 11 is 14.0. The van der Waals surface area contributed by atoms with E-state index in [4.69, 9.17) is 23.2 Å². The van der Waals surface area contributed by atoms with E-state index >= 15 is 0 Å². The second-order valence-corrected chi connectivity index (χ2v) is 6.78. The summed E-state index contributed by atoms with van der Waals surface area (Å²) in [6, 6.07) is 14.0. The van der Waals surface area contributed by atoms with Crippen molar-refractivity contribution in [2.45, 2.75) is 16.2 Å². The molecule has 0 saturated heterocycles. The van der Waals surface area contributed by atoms with E-state index in [0.717, 1.165) is 29.4 Å². The Balaban J connectivity index is 1.95. The Bertz CT molecular complexity index is 682. The van der Waals surface area contributed by atoms with Crippen molar-refractivity contribution in [1.82, 2.24) is 5.32 Å². The molecule has 2 aromatic carbocycles. The number of rotatable bonds is 3. The molecule has 3 rings (SSSR count). The molecule has 0 saturated carbocycles. The zero-order valence-electron chi connectivity index (χ0n) is 11.4. The van der Waals surface area contributed by atoms with E-state index < -0.39 is 0 Å². The van der Waals surface area contributed by atoms with Crippen LogP contribution < -0.4 is 5.32 Å². The Morgan fingerprint density at radius 1 is 1.00 bits per heavy atom. The molecule has 0 unspecified atom stereocenters. The first kappa shape index (κ1) is 15.0. The summed E-state index contributed by atoms with van der Waals surface area (Å²) in [5.41, 5.74) is 2.69. The lowest BCUT2D eigenvalue weighted by atomic mass is 10.0. The monoisotopic (exact) mass is 335 g/mol. The number of hydrogen-bond donors (Lipinski definition) is 1. The van der Waals surface area contributed by atoms with E-state index in [1.165, 1.54) is 16.0 Å². The molecule has 0 spiro atoms. The van der Waals surface area contributed by atoms with Gasteiger partial charge in [-0.1, -0.05) is 59.2 Å². The zero-order chi connectivity index (χ0) is 14.7. The van der Waals surface area contributed by atoms with Crippen molar-refractivity contribution in [2.75, 3.05) is 13.1 Å². The summed E-state index contributed by atoms with van der Waals surface area (Å²) in [5, 5.41) is 4.79. The SMILES string of the molecule is Clc1ccc(Cl)c(Sc2ccccc2C2=CCNCC2)c1. The average molecular weight is 336 g/mol. The highest BCUT2D eigenvalue weighted by atomic mass is 35.5. The lowest BCUT2D eigenvalue weighted by Crippen LogP contribution is -2.20. The van der Waals surface area contributed by atoms with E-state index in [0.29, 0.717) is 5.02 Å². The second kappa shape index (κ2) is 6.89. The number of hydrogen-bond acceptors (Lipinski definition) is 2. The third kappa shape index (κ3) is 3.64. The van der Waals surface area contributed by atoms with E-state index in [9.17, 15) is 0 Å². The van der Waals surface area contributed by atoms with Crippen molar-refractivity contribution in [3.05, 3.63) is 64.1 Å². The number of benzene rings is 2. The van der Waals surface area contributed by atoms with Crippen molar-refractivity contribution in [1.29, 1.82) is 0 Å². The summed E-state index contributed by atoms with van der Waals surface area (Å²) in [6.07, 6.45) is 3.32. The summed E-state index contributed by atoms with van der Waals surface area (Å²) < 4.78 is 0.